The third-order valence-electron chi connectivity index (χ3n) is 16.1. The topological polar surface area (TPSA) is 38.1 Å². The zero-order valence-electron chi connectivity index (χ0n) is 38.9. The van der Waals surface area contributed by atoms with E-state index < -0.39 is 5.41 Å². The van der Waals surface area contributed by atoms with Crippen LogP contribution < -0.4 is 30.1 Å². The second-order valence-corrected chi connectivity index (χ2v) is 19.7. The van der Waals surface area contributed by atoms with Gasteiger partial charge in [-0.1, -0.05) is 165 Å². The maximum atomic E-state index is 7.23. The van der Waals surface area contributed by atoms with Gasteiger partial charge >= 0.3 is 6.85 Å². The summed E-state index contributed by atoms with van der Waals surface area (Å²) in [7, 11) is 0. The largest absolute Gasteiger partial charge is 0.455 e. The van der Waals surface area contributed by atoms with Crippen LogP contribution >= 0.6 is 0 Å². The highest BCUT2D eigenvalue weighted by atomic mass is 16.6. The summed E-state index contributed by atoms with van der Waals surface area (Å²) in [5, 5.41) is 2.18. The molecule has 0 saturated carbocycles. The molecule has 11 aromatic rings. The minimum Gasteiger partial charge on any atom is -0.455 e. The highest BCUT2D eigenvalue weighted by molar-refractivity contribution is 6.94. The van der Waals surface area contributed by atoms with Gasteiger partial charge in [-0.2, -0.15) is 0 Å². The minimum atomic E-state index is -0.585. The van der Waals surface area contributed by atoms with E-state index in [-0.39, 0.29) is 6.85 Å². The fraction of sp³-hybridized carbons (Fsp3) is 0.0769. The van der Waals surface area contributed by atoms with E-state index >= 15 is 0 Å². The first-order valence-electron chi connectivity index (χ1n) is 25.0. The van der Waals surface area contributed by atoms with Crippen LogP contribution in [0, 0.1) is 0 Å². The van der Waals surface area contributed by atoms with E-state index in [4.69, 9.17) is 13.9 Å². The molecule has 1 aliphatic carbocycles. The van der Waals surface area contributed by atoms with Gasteiger partial charge in [-0.05, 0) is 117 Å². The Balaban J connectivity index is 1.07. The number of ether oxygens (including phenoxy) is 2. The van der Waals surface area contributed by atoms with Crippen LogP contribution in [0.2, 0.25) is 0 Å². The molecule has 334 valence electrons. The molecule has 0 atom stereocenters. The molecule has 0 fully saturated rings. The van der Waals surface area contributed by atoms with Crippen molar-refractivity contribution in [1.82, 2.24) is 0 Å². The van der Waals surface area contributed by atoms with Gasteiger partial charge in [0.05, 0.1) is 11.1 Å². The van der Waals surface area contributed by atoms with Crippen LogP contribution in [0.15, 0.2) is 211 Å². The van der Waals surface area contributed by atoms with Crippen molar-refractivity contribution < 1.29 is 13.9 Å². The van der Waals surface area contributed by atoms with Crippen molar-refractivity contribution >= 4 is 68.1 Å². The van der Waals surface area contributed by atoms with Crippen LogP contribution in [0.25, 0.3) is 55.3 Å². The fourth-order valence-corrected chi connectivity index (χ4v) is 13.2. The van der Waals surface area contributed by atoms with Crippen molar-refractivity contribution in [2.75, 3.05) is 9.71 Å². The molecule has 0 unspecified atom stereocenters. The van der Waals surface area contributed by atoms with Crippen molar-refractivity contribution in [3.8, 4) is 56.4 Å². The van der Waals surface area contributed by atoms with Crippen LogP contribution in [0.3, 0.4) is 0 Å². The summed E-state index contributed by atoms with van der Waals surface area (Å²) in [5.41, 5.74) is 22.7. The Morgan fingerprint density at radius 1 is 0.479 bits per heavy atom. The normalized spacial score (nSPS) is 14.4. The van der Waals surface area contributed by atoms with Crippen LogP contribution in [0.4, 0.5) is 28.4 Å². The summed E-state index contributed by atoms with van der Waals surface area (Å²) < 4.78 is 21.0. The fourth-order valence-electron chi connectivity index (χ4n) is 13.2. The van der Waals surface area contributed by atoms with Gasteiger partial charge in [0, 0.05) is 56.3 Å². The summed E-state index contributed by atoms with van der Waals surface area (Å²) in [6.45, 7) is 1.96. The van der Waals surface area contributed by atoms with E-state index in [2.05, 4.69) is 199 Å². The summed E-state index contributed by atoms with van der Waals surface area (Å²) >= 11 is 0. The van der Waals surface area contributed by atoms with E-state index in [0.29, 0.717) is 23.0 Å². The van der Waals surface area contributed by atoms with Gasteiger partial charge in [0.2, 0.25) is 0 Å². The number of fused-ring (bicyclic) bond motifs is 19. The highest BCUT2D eigenvalue weighted by Crippen LogP contribution is 2.65. The number of aryl methyl sites for hydroxylation is 1. The van der Waals surface area contributed by atoms with Crippen molar-refractivity contribution in [2.24, 2.45) is 0 Å². The van der Waals surface area contributed by atoms with Crippen molar-refractivity contribution in [3.63, 3.8) is 0 Å². The van der Waals surface area contributed by atoms with E-state index in [1.807, 2.05) is 24.3 Å². The molecule has 1 spiro atoms. The molecule has 0 radical (unpaired) electrons. The average Bonchev–Trinajstić information content (AvgIpc) is 3.96. The van der Waals surface area contributed by atoms with Crippen LogP contribution in [0.5, 0.6) is 23.0 Å². The van der Waals surface area contributed by atoms with Gasteiger partial charge in [-0.15, -0.1) is 0 Å². The molecule has 4 aliphatic heterocycles. The van der Waals surface area contributed by atoms with E-state index in [9.17, 15) is 0 Å². The van der Waals surface area contributed by atoms with E-state index in [1.54, 1.807) is 0 Å². The Hall–Kier alpha value is -8.74. The van der Waals surface area contributed by atoms with Gasteiger partial charge in [-0.3, -0.25) is 0 Å². The minimum absolute atomic E-state index is 0.307. The Labute approximate surface area is 411 Å². The van der Waals surface area contributed by atoms with Gasteiger partial charge in [-0.25, -0.2) is 0 Å². The van der Waals surface area contributed by atoms with Crippen molar-refractivity contribution in [3.05, 3.63) is 234 Å². The average molecular weight is 911 g/mol. The molecule has 5 heterocycles. The van der Waals surface area contributed by atoms with Crippen LogP contribution in [-0.2, 0) is 11.8 Å². The number of hydrogen-bond donors (Lipinski definition) is 0. The zero-order valence-corrected chi connectivity index (χ0v) is 38.9. The molecule has 71 heavy (non-hydrogen) atoms. The Morgan fingerprint density at radius 3 is 1.93 bits per heavy atom. The second-order valence-electron chi connectivity index (χ2n) is 19.7. The lowest BCUT2D eigenvalue weighted by Crippen LogP contribution is -2.63. The summed E-state index contributed by atoms with van der Waals surface area (Å²) in [6.07, 6.45) is 3.27. The lowest BCUT2D eigenvalue weighted by Gasteiger charge is -2.52. The quantitative estimate of drug-likeness (QED) is 0.161. The van der Waals surface area contributed by atoms with Crippen molar-refractivity contribution in [1.29, 1.82) is 0 Å². The number of anilines is 5. The SMILES string of the molecule is CCCCc1ccc(N2c3cc4c(cc3B3c5c2cc2c(oc6ccccc62)c5-c2cccc5c2N3c2ccccc2C52c3ccccc3-c3ccccc32)Oc2ccccc2O4)c(-c2ccccc2)c1. The maximum Gasteiger partial charge on any atom is 0.333 e. The third kappa shape index (κ3) is 5.11. The molecule has 6 heteroatoms. The van der Waals surface area contributed by atoms with Gasteiger partial charge in [0.25, 0.3) is 0 Å². The molecule has 0 N–H and O–H groups in total. The number of benzene rings is 10. The van der Waals surface area contributed by atoms with Crippen LogP contribution in [-0.4, -0.2) is 6.85 Å². The lowest BCUT2D eigenvalue weighted by atomic mass is 9.42. The zero-order chi connectivity index (χ0) is 46.5. The molecule has 0 bridgehead atoms. The molecule has 5 nitrogen and oxygen atoms in total. The van der Waals surface area contributed by atoms with Crippen LogP contribution in [0.1, 0.15) is 47.6 Å². The van der Waals surface area contributed by atoms with Gasteiger partial charge < -0.3 is 23.6 Å². The van der Waals surface area contributed by atoms with E-state index in [0.717, 1.165) is 74.9 Å². The molecular weight excluding hydrogens is 868 g/mol. The summed E-state index contributed by atoms with van der Waals surface area (Å²) in [4.78, 5) is 5.19. The second kappa shape index (κ2) is 14.4. The number of hydrogen-bond acceptors (Lipinski definition) is 5. The molecule has 5 aliphatic rings. The Kier molecular flexibility index (Phi) is 7.94. The lowest BCUT2D eigenvalue weighted by molar-refractivity contribution is 0.360. The third-order valence-corrected chi connectivity index (χ3v) is 16.1. The van der Waals surface area contributed by atoms with Crippen molar-refractivity contribution in [2.45, 2.75) is 31.6 Å². The first kappa shape index (κ1) is 39.1. The predicted octanol–water partition coefficient (Wildman–Crippen LogP) is 15.9. The highest BCUT2D eigenvalue weighted by Gasteiger charge is 2.57. The van der Waals surface area contributed by atoms with Gasteiger partial charge in [0.15, 0.2) is 23.0 Å². The number of furan rings is 1. The monoisotopic (exact) mass is 910 g/mol. The standard InChI is InChI=1S/C65H43BN2O3/c1-2-3-18-39-33-34-52(45(35-39)40-19-5-4-6-20-40)67-54-38-60-59(69-57-31-15-16-32-58(57)70-60)37-51(54)66-62-55(67)36-46-43-23-9-14-30-56(43)71-64(46)61(62)44-24-17-28-50-63(44)68(66)53-29-13-12-27-49(53)65(50)47-25-10-7-21-41(47)42-22-8-11-26-48(42)65/h4-17,19-38H,2-3,18H2,1H3. The number of unbranched alkanes of at least 4 members (excludes halogenated alkanes) is 1. The molecule has 16 rings (SSSR count). The predicted molar refractivity (Wildman–Crippen MR) is 289 cm³/mol. The molecule has 0 saturated heterocycles. The van der Waals surface area contributed by atoms with E-state index in [1.165, 1.54) is 66.9 Å². The maximum absolute atomic E-state index is 7.23. The molecular formula is C65H43BN2O3. The summed E-state index contributed by atoms with van der Waals surface area (Å²) in [5.74, 6) is 2.77. The first-order chi connectivity index (χ1) is 35.2. The number of nitrogens with zero attached hydrogens (tertiary/aromatic N) is 2. The molecule has 1 aromatic heterocycles. The number of rotatable bonds is 5. The molecule has 10 aromatic carbocycles. The molecule has 0 amide bonds. The first-order valence-corrected chi connectivity index (χ1v) is 25.0. The number of para-hydroxylation sites is 5. The smallest absolute Gasteiger partial charge is 0.333 e. The Morgan fingerprint density at radius 2 is 1.14 bits per heavy atom. The Bertz CT molecular complexity index is 4050. The van der Waals surface area contributed by atoms with Gasteiger partial charge in [0.1, 0.15) is 11.2 Å². The summed E-state index contributed by atoms with van der Waals surface area (Å²) in [6, 6.07) is 75.8.